The van der Waals surface area contributed by atoms with E-state index in [0.29, 0.717) is 31.4 Å². The summed E-state index contributed by atoms with van der Waals surface area (Å²) in [6, 6.07) is 7.39. The lowest BCUT2D eigenvalue weighted by molar-refractivity contribution is -0.177. The van der Waals surface area contributed by atoms with Crippen LogP contribution >= 0.6 is 0 Å². The number of hydrogen-bond acceptors (Lipinski definition) is 7. The zero-order valence-corrected chi connectivity index (χ0v) is 17.1. The monoisotopic (exact) mass is 393 g/mol. The predicted molar refractivity (Wildman–Crippen MR) is 105 cm³/mol. The third-order valence-electron chi connectivity index (χ3n) is 5.26. The van der Waals surface area contributed by atoms with Crippen LogP contribution in [0.1, 0.15) is 32.3 Å². The summed E-state index contributed by atoms with van der Waals surface area (Å²) in [6.45, 7) is 8.87. The zero-order chi connectivity index (χ0) is 21.3. The molecule has 2 aliphatic rings. The van der Waals surface area contributed by atoms with Crippen LogP contribution in [0.15, 0.2) is 24.3 Å². The molecule has 0 amide bonds. The van der Waals surface area contributed by atoms with Gasteiger partial charge in [0.05, 0.1) is 13.2 Å². The Bertz CT molecular complexity index is 604. The number of carbonyl (C=O) groups excluding carboxylic acids is 3. The summed E-state index contributed by atoms with van der Waals surface area (Å²) in [7, 11) is 2.03. The van der Waals surface area contributed by atoms with Crippen LogP contribution in [0.2, 0.25) is 0 Å². The molecule has 7 heteroatoms. The number of esters is 2. The smallest absolute Gasteiger partial charge is 0.323 e. The van der Waals surface area contributed by atoms with Gasteiger partial charge < -0.3 is 24.3 Å². The summed E-state index contributed by atoms with van der Waals surface area (Å²) in [6.07, 6.45) is 1.42. The molecule has 1 saturated heterocycles. The van der Waals surface area contributed by atoms with Gasteiger partial charge in [0.15, 0.2) is 5.41 Å². The Hall–Kier alpha value is -2.41. The largest absolute Gasteiger partial charge is 0.508 e. The molecule has 1 aliphatic carbocycles. The van der Waals surface area contributed by atoms with Crippen molar-refractivity contribution >= 4 is 18.7 Å². The normalized spacial score (nSPS) is 21.6. The maximum atomic E-state index is 12.2. The third kappa shape index (κ3) is 5.10. The van der Waals surface area contributed by atoms with Gasteiger partial charge in [-0.25, -0.2) is 0 Å². The minimum atomic E-state index is -1.05. The number of phenolic OH excluding ortho intramolecular Hbond substituents is 1. The number of phenols is 1. The van der Waals surface area contributed by atoms with Crippen molar-refractivity contribution in [2.45, 2.75) is 39.7 Å². The molecule has 1 heterocycles. The number of carbonyl (C=O) groups is 3. The molecule has 28 heavy (non-hydrogen) atoms. The summed E-state index contributed by atoms with van der Waals surface area (Å²) in [5.41, 5.74) is 0.117. The lowest BCUT2D eigenvalue weighted by atomic mass is 9.76. The van der Waals surface area contributed by atoms with Crippen LogP contribution < -0.4 is 0 Å². The number of fused-ring (bicyclic) bond motifs is 2. The number of benzene rings is 1. The van der Waals surface area contributed by atoms with Crippen LogP contribution in [0.25, 0.3) is 0 Å². The highest BCUT2D eigenvalue weighted by Crippen LogP contribution is 2.51. The maximum Gasteiger partial charge on any atom is 0.323 e. The molecule has 1 aliphatic heterocycles. The van der Waals surface area contributed by atoms with Crippen molar-refractivity contribution in [1.29, 1.82) is 0 Å². The molecule has 1 unspecified atom stereocenters. The SMILES string of the molecule is C=O.CCOC(=O)C1(C(=O)OCC)CC2C[C@@H]1CN2C.Cc1ccc(O)cc1. The molecule has 1 aromatic carbocycles. The molecular weight excluding hydrogens is 362 g/mol. The fourth-order valence-electron chi connectivity index (χ4n) is 3.86. The molecule has 1 aromatic rings. The quantitative estimate of drug-likeness (QED) is 0.620. The average molecular weight is 393 g/mol. The number of ether oxygens (including phenoxy) is 2. The highest BCUT2D eigenvalue weighted by Gasteiger charge is 2.64. The second-order valence-electron chi connectivity index (χ2n) is 6.98. The van der Waals surface area contributed by atoms with Gasteiger partial charge >= 0.3 is 11.9 Å². The number of aromatic hydroxyl groups is 1. The van der Waals surface area contributed by atoms with Crippen LogP contribution in [-0.2, 0) is 23.9 Å². The van der Waals surface area contributed by atoms with Crippen LogP contribution in [0, 0.1) is 18.3 Å². The molecule has 2 fully saturated rings. The molecule has 0 aromatic heterocycles. The lowest BCUT2D eigenvalue weighted by Gasteiger charge is -2.35. The Morgan fingerprint density at radius 2 is 1.64 bits per heavy atom. The molecule has 1 saturated carbocycles. The third-order valence-corrected chi connectivity index (χ3v) is 5.26. The van der Waals surface area contributed by atoms with Crippen molar-refractivity contribution in [3.63, 3.8) is 0 Å². The van der Waals surface area contributed by atoms with Crippen molar-refractivity contribution in [2.75, 3.05) is 26.8 Å². The molecule has 156 valence electrons. The van der Waals surface area contributed by atoms with Crippen LogP contribution in [0.5, 0.6) is 5.75 Å². The fraction of sp³-hybridized carbons (Fsp3) is 0.571. The Balaban J connectivity index is 0.000000327. The molecule has 0 spiro atoms. The number of hydrogen-bond donors (Lipinski definition) is 1. The zero-order valence-electron chi connectivity index (χ0n) is 17.1. The number of nitrogens with zero attached hydrogens (tertiary/aromatic N) is 1. The van der Waals surface area contributed by atoms with E-state index in [9.17, 15) is 9.59 Å². The van der Waals surface area contributed by atoms with Gasteiger partial charge in [-0.3, -0.25) is 9.59 Å². The van der Waals surface area contributed by atoms with E-state index in [0.717, 1.165) is 13.0 Å². The Morgan fingerprint density at radius 3 is 1.96 bits per heavy atom. The highest BCUT2D eigenvalue weighted by atomic mass is 16.6. The summed E-state index contributed by atoms with van der Waals surface area (Å²) >= 11 is 0. The average Bonchev–Trinajstić information content (AvgIpc) is 3.24. The summed E-state index contributed by atoms with van der Waals surface area (Å²) < 4.78 is 10.3. The van der Waals surface area contributed by atoms with Crippen molar-refractivity contribution in [2.24, 2.45) is 11.3 Å². The molecule has 2 bridgehead atoms. The predicted octanol–water partition coefficient (Wildman–Crippen LogP) is 2.34. The van der Waals surface area contributed by atoms with Gasteiger partial charge in [0.1, 0.15) is 12.5 Å². The topological polar surface area (TPSA) is 93.1 Å². The first-order valence-electron chi connectivity index (χ1n) is 9.44. The van der Waals surface area contributed by atoms with Crippen LogP contribution in [0.4, 0.5) is 0 Å². The minimum Gasteiger partial charge on any atom is -0.508 e. The summed E-state index contributed by atoms with van der Waals surface area (Å²) in [5, 5.41) is 8.76. The van der Waals surface area contributed by atoms with Gasteiger partial charge in [-0.2, -0.15) is 0 Å². The lowest BCUT2D eigenvalue weighted by Crippen LogP contribution is -2.51. The summed E-state index contributed by atoms with van der Waals surface area (Å²) in [4.78, 5) is 34.7. The van der Waals surface area contributed by atoms with E-state index in [1.807, 2.05) is 32.9 Å². The van der Waals surface area contributed by atoms with E-state index >= 15 is 0 Å². The second kappa shape index (κ2) is 10.8. The van der Waals surface area contributed by atoms with Crippen molar-refractivity contribution in [3.05, 3.63) is 29.8 Å². The van der Waals surface area contributed by atoms with E-state index in [1.165, 1.54) is 5.56 Å². The molecule has 1 N–H and O–H groups in total. The van der Waals surface area contributed by atoms with Gasteiger partial charge in [0.25, 0.3) is 0 Å². The van der Waals surface area contributed by atoms with Crippen LogP contribution in [-0.4, -0.2) is 61.6 Å². The first-order chi connectivity index (χ1) is 13.3. The van der Waals surface area contributed by atoms with E-state index in [1.54, 1.807) is 26.0 Å². The van der Waals surface area contributed by atoms with Crippen molar-refractivity contribution < 1.29 is 29.0 Å². The van der Waals surface area contributed by atoms with E-state index in [-0.39, 0.29) is 5.92 Å². The molecule has 2 atom stereocenters. The van der Waals surface area contributed by atoms with Crippen molar-refractivity contribution in [1.82, 2.24) is 4.90 Å². The molecular formula is C21H31NO6. The highest BCUT2D eigenvalue weighted by molar-refractivity contribution is 6.01. The fourth-order valence-corrected chi connectivity index (χ4v) is 3.86. The Labute approximate surface area is 166 Å². The maximum absolute atomic E-state index is 12.2. The second-order valence-corrected chi connectivity index (χ2v) is 6.98. The van der Waals surface area contributed by atoms with Gasteiger partial charge in [-0.15, -0.1) is 0 Å². The number of rotatable bonds is 4. The first kappa shape index (κ1) is 23.6. The number of piperidine rings is 1. The van der Waals surface area contributed by atoms with E-state index in [4.69, 9.17) is 19.4 Å². The molecule has 7 nitrogen and oxygen atoms in total. The Kier molecular flexibility index (Phi) is 9.12. The minimum absolute atomic E-state index is 0.0330. The van der Waals surface area contributed by atoms with Gasteiger partial charge in [0, 0.05) is 12.6 Å². The summed E-state index contributed by atoms with van der Waals surface area (Å²) in [5.74, 6) is -0.436. The van der Waals surface area contributed by atoms with Gasteiger partial charge in [-0.05, 0) is 58.7 Å². The number of likely N-dealkylation sites (tertiary alicyclic amines) is 1. The van der Waals surface area contributed by atoms with Gasteiger partial charge in [0.2, 0.25) is 0 Å². The van der Waals surface area contributed by atoms with E-state index < -0.39 is 17.4 Å². The Morgan fingerprint density at radius 1 is 1.14 bits per heavy atom. The van der Waals surface area contributed by atoms with E-state index in [2.05, 4.69) is 4.90 Å². The van der Waals surface area contributed by atoms with Crippen LogP contribution in [0.3, 0.4) is 0 Å². The molecule has 3 rings (SSSR count). The molecule has 0 radical (unpaired) electrons. The standard InChI is InChI=1S/C13H21NO4.C7H8O.CH2O/c1-4-17-11(15)13(12(16)18-5-2)7-10-6-9(13)8-14(10)3;1-6-2-4-7(8)5-3-6;1-2/h9-10H,4-8H2,1-3H3;2-5,8H,1H3;1H2/t9-,10?;;/m1../s1. The number of aryl methyl sites for hydroxylation is 1. The van der Waals surface area contributed by atoms with Gasteiger partial charge in [-0.1, -0.05) is 17.7 Å². The van der Waals surface area contributed by atoms with Crippen molar-refractivity contribution in [3.8, 4) is 5.75 Å². The first-order valence-corrected chi connectivity index (χ1v) is 9.44.